The number of aryl methyl sites for hydroxylation is 4. The molecular formula is C23H22N+. The molecule has 0 aliphatic heterocycles. The molecule has 0 atom stereocenters. The van der Waals surface area contributed by atoms with Crippen LogP contribution >= 0.6 is 0 Å². The Bertz CT molecular complexity index is 1080. The van der Waals surface area contributed by atoms with Crippen LogP contribution in [0.2, 0.25) is 0 Å². The van der Waals surface area contributed by atoms with Crippen molar-refractivity contribution >= 4 is 21.5 Å². The summed E-state index contributed by atoms with van der Waals surface area (Å²) in [5, 5.41) is 5.30. The normalized spacial score (nSPS) is 11.3. The highest BCUT2D eigenvalue weighted by molar-refractivity contribution is 5.99. The molecule has 24 heavy (non-hydrogen) atoms. The van der Waals surface area contributed by atoms with Crippen molar-refractivity contribution in [1.29, 1.82) is 0 Å². The van der Waals surface area contributed by atoms with Gasteiger partial charge in [0.05, 0.1) is 10.9 Å². The van der Waals surface area contributed by atoms with Gasteiger partial charge in [0.15, 0.2) is 6.20 Å². The Morgan fingerprint density at radius 1 is 0.750 bits per heavy atom. The topological polar surface area (TPSA) is 3.88 Å². The maximum atomic E-state index is 2.34. The second-order valence-electron chi connectivity index (χ2n) is 6.78. The van der Waals surface area contributed by atoms with Gasteiger partial charge in [-0.25, -0.2) is 4.57 Å². The molecule has 0 aliphatic carbocycles. The highest BCUT2D eigenvalue weighted by Crippen LogP contribution is 2.34. The van der Waals surface area contributed by atoms with Crippen LogP contribution in [0.25, 0.3) is 32.8 Å². The van der Waals surface area contributed by atoms with Crippen molar-refractivity contribution < 1.29 is 4.57 Å². The number of fused-ring (bicyclic) bond motifs is 2. The molecule has 1 nitrogen and oxygen atoms in total. The third-order valence-electron chi connectivity index (χ3n) is 5.07. The molecule has 0 spiro atoms. The Hall–Kier alpha value is -2.67. The van der Waals surface area contributed by atoms with Gasteiger partial charge >= 0.3 is 0 Å². The zero-order valence-electron chi connectivity index (χ0n) is 14.7. The lowest BCUT2D eigenvalue weighted by atomic mass is 9.92. The molecular weight excluding hydrogens is 290 g/mol. The predicted octanol–water partition coefficient (Wildman–Crippen LogP) is 5.41. The van der Waals surface area contributed by atoms with Crippen LogP contribution in [0.3, 0.4) is 0 Å². The smallest absolute Gasteiger partial charge is 0.200 e. The second kappa shape index (κ2) is 5.45. The van der Waals surface area contributed by atoms with Crippen molar-refractivity contribution in [3.63, 3.8) is 0 Å². The first-order chi connectivity index (χ1) is 11.6. The first-order valence-electron chi connectivity index (χ1n) is 8.44. The van der Waals surface area contributed by atoms with Crippen LogP contribution in [0.1, 0.15) is 16.7 Å². The van der Waals surface area contributed by atoms with Gasteiger partial charge in [-0.15, -0.1) is 0 Å². The quantitative estimate of drug-likeness (QED) is 0.414. The molecule has 1 aromatic heterocycles. The number of aromatic nitrogens is 1. The molecule has 0 saturated heterocycles. The summed E-state index contributed by atoms with van der Waals surface area (Å²) in [6.07, 6.45) is 2.16. The van der Waals surface area contributed by atoms with Crippen LogP contribution in [-0.4, -0.2) is 0 Å². The largest absolute Gasteiger partial charge is 0.220 e. The zero-order valence-corrected chi connectivity index (χ0v) is 14.7. The van der Waals surface area contributed by atoms with Crippen LogP contribution in [0, 0.1) is 20.8 Å². The molecule has 0 bridgehead atoms. The zero-order chi connectivity index (χ0) is 16.8. The van der Waals surface area contributed by atoms with Crippen LogP contribution in [-0.2, 0) is 7.05 Å². The molecule has 0 unspecified atom stereocenters. The molecule has 0 amide bonds. The van der Waals surface area contributed by atoms with E-state index in [2.05, 4.69) is 93.2 Å². The van der Waals surface area contributed by atoms with E-state index in [0.29, 0.717) is 0 Å². The summed E-state index contributed by atoms with van der Waals surface area (Å²) >= 11 is 0. The van der Waals surface area contributed by atoms with E-state index < -0.39 is 0 Å². The standard InChI is InChI=1S/C23H22N/c1-15-9-10-18-11-12-24(4)23(22(18)13-15)21-14-16(2)19-7-5-6-8-20(19)17(21)3/h5-14H,1-4H3/q+1. The van der Waals surface area contributed by atoms with Gasteiger partial charge in [0.1, 0.15) is 7.05 Å². The lowest BCUT2D eigenvalue weighted by molar-refractivity contribution is -0.659. The minimum atomic E-state index is 1.29. The van der Waals surface area contributed by atoms with E-state index in [-0.39, 0.29) is 0 Å². The SMILES string of the molecule is Cc1ccc2cc[n+](C)c(-c3cc(C)c4ccccc4c3C)c2c1. The fraction of sp³-hybridized carbons (Fsp3) is 0.174. The van der Waals surface area contributed by atoms with Crippen LogP contribution in [0.15, 0.2) is 60.8 Å². The lowest BCUT2D eigenvalue weighted by Crippen LogP contribution is -2.30. The van der Waals surface area contributed by atoms with Crippen molar-refractivity contribution in [2.45, 2.75) is 20.8 Å². The average Bonchev–Trinajstić information content (AvgIpc) is 2.58. The van der Waals surface area contributed by atoms with Gasteiger partial charge in [0.2, 0.25) is 5.69 Å². The van der Waals surface area contributed by atoms with Crippen LogP contribution in [0.5, 0.6) is 0 Å². The first-order valence-corrected chi connectivity index (χ1v) is 8.44. The summed E-state index contributed by atoms with van der Waals surface area (Å²) in [7, 11) is 2.14. The van der Waals surface area contributed by atoms with Crippen LogP contribution < -0.4 is 4.57 Å². The molecule has 4 aromatic rings. The monoisotopic (exact) mass is 312 g/mol. The molecule has 118 valence electrons. The van der Waals surface area contributed by atoms with E-state index in [1.165, 1.54) is 49.5 Å². The van der Waals surface area contributed by atoms with Crippen LogP contribution in [0.4, 0.5) is 0 Å². The van der Waals surface area contributed by atoms with Gasteiger partial charge in [-0.05, 0) is 60.2 Å². The fourth-order valence-corrected chi connectivity index (χ4v) is 3.76. The third-order valence-corrected chi connectivity index (χ3v) is 5.07. The number of hydrogen-bond acceptors (Lipinski definition) is 0. The number of pyridine rings is 1. The fourth-order valence-electron chi connectivity index (χ4n) is 3.76. The summed E-state index contributed by atoms with van der Waals surface area (Å²) in [5.41, 5.74) is 6.59. The Balaban J connectivity index is 2.16. The van der Waals surface area contributed by atoms with E-state index >= 15 is 0 Å². The molecule has 0 radical (unpaired) electrons. The molecule has 0 aliphatic rings. The number of benzene rings is 3. The molecule has 0 saturated carbocycles. The Morgan fingerprint density at radius 3 is 2.29 bits per heavy atom. The first kappa shape index (κ1) is 14.9. The lowest BCUT2D eigenvalue weighted by Gasteiger charge is -2.13. The van der Waals surface area contributed by atoms with Gasteiger partial charge < -0.3 is 0 Å². The highest BCUT2D eigenvalue weighted by Gasteiger charge is 2.19. The van der Waals surface area contributed by atoms with Gasteiger partial charge in [-0.2, -0.15) is 0 Å². The van der Waals surface area contributed by atoms with E-state index in [1.807, 2.05) is 0 Å². The van der Waals surface area contributed by atoms with Crippen molar-refractivity contribution in [1.82, 2.24) is 0 Å². The summed E-state index contributed by atoms with van der Waals surface area (Å²) in [4.78, 5) is 0. The second-order valence-corrected chi connectivity index (χ2v) is 6.78. The summed E-state index contributed by atoms with van der Waals surface area (Å²) < 4.78 is 2.25. The van der Waals surface area contributed by atoms with Crippen molar-refractivity contribution in [2.24, 2.45) is 7.05 Å². The Labute approximate surface area is 143 Å². The number of rotatable bonds is 1. The average molecular weight is 312 g/mol. The van der Waals surface area contributed by atoms with Gasteiger partial charge in [-0.3, -0.25) is 0 Å². The Kier molecular flexibility index (Phi) is 3.38. The molecule has 4 rings (SSSR count). The van der Waals surface area contributed by atoms with Crippen molar-refractivity contribution in [3.8, 4) is 11.3 Å². The molecule has 0 N–H and O–H groups in total. The Morgan fingerprint density at radius 2 is 1.50 bits per heavy atom. The highest BCUT2D eigenvalue weighted by atomic mass is 14.9. The van der Waals surface area contributed by atoms with E-state index in [0.717, 1.165) is 0 Å². The minimum absolute atomic E-state index is 1.29. The van der Waals surface area contributed by atoms with E-state index in [9.17, 15) is 0 Å². The van der Waals surface area contributed by atoms with Crippen molar-refractivity contribution in [3.05, 3.63) is 77.5 Å². The maximum Gasteiger partial charge on any atom is 0.220 e. The molecule has 0 fully saturated rings. The number of hydrogen-bond donors (Lipinski definition) is 0. The van der Waals surface area contributed by atoms with Gasteiger partial charge in [0, 0.05) is 6.07 Å². The minimum Gasteiger partial charge on any atom is -0.200 e. The number of nitrogens with zero attached hydrogens (tertiary/aromatic N) is 1. The molecule has 1 heterocycles. The molecule has 3 aromatic carbocycles. The third kappa shape index (κ3) is 2.20. The van der Waals surface area contributed by atoms with E-state index in [4.69, 9.17) is 0 Å². The summed E-state index contributed by atoms with van der Waals surface area (Å²) in [6.45, 7) is 6.61. The van der Waals surface area contributed by atoms with Gasteiger partial charge in [-0.1, -0.05) is 42.0 Å². The summed E-state index contributed by atoms with van der Waals surface area (Å²) in [5.74, 6) is 0. The maximum absolute atomic E-state index is 2.34. The van der Waals surface area contributed by atoms with Gasteiger partial charge in [0.25, 0.3) is 0 Å². The van der Waals surface area contributed by atoms with E-state index in [1.54, 1.807) is 0 Å². The summed E-state index contributed by atoms with van der Waals surface area (Å²) in [6, 6.07) is 19.9. The molecule has 1 heteroatoms. The van der Waals surface area contributed by atoms with Crippen molar-refractivity contribution in [2.75, 3.05) is 0 Å². The predicted molar refractivity (Wildman–Crippen MR) is 102 cm³/mol.